The van der Waals surface area contributed by atoms with Crippen molar-refractivity contribution in [2.75, 3.05) is 0 Å². The van der Waals surface area contributed by atoms with E-state index in [0.29, 0.717) is 16.9 Å². The molecule has 0 fully saturated rings. The molecule has 2 aromatic rings. The normalized spacial score (nSPS) is 15.6. The number of imidazole rings is 1. The van der Waals surface area contributed by atoms with Crippen LogP contribution >= 0.6 is 0 Å². The van der Waals surface area contributed by atoms with Gasteiger partial charge in [-0.15, -0.1) is 0 Å². The molecule has 3 nitrogen and oxygen atoms in total. The van der Waals surface area contributed by atoms with Crippen molar-refractivity contribution in [3.05, 3.63) is 29.6 Å². The lowest BCUT2D eigenvalue weighted by Crippen LogP contribution is -2.16. The van der Waals surface area contributed by atoms with Crippen molar-refractivity contribution >= 4 is 11.0 Å². The largest absolute Gasteiger partial charge is 0.416 e. The third-order valence-electron chi connectivity index (χ3n) is 3.48. The minimum Gasteiger partial charge on any atom is -0.324 e. The van der Waals surface area contributed by atoms with Crippen LogP contribution in [0.25, 0.3) is 11.0 Å². The second-order valence-electron chi connectivity index (χ2n) is 5.09. The first-order valence-electron chi connectivity index (χ1n) is 6.60. The van der Waals surface area contributed by atoms with Crippen molar-refractivity contribution in [2.45, 2.75) is 45.5 Å². The highest BCUT2D eigenvalue weighted by molar-refractivity contribution is 5.77. The molecule has 2 atom stereocenters. The molecule has 2 N–H and O–H groups in total. The third-order valence-corrected chi connectivity index (χ3v) is 3.48. The summed E-state index contributed by atoms with van der Waals surface area (Å²) in [5.41, 5.74) is 6.24. The Kier molecular flexibility index (Phi) is 3.77. The highest BCUT2D eigenvalue weighted by Gasteiger charge is 2.31. The molecule has 2 rings (SSSR count). The van der Waals surface area contributed by atoms with Gasteiger partial charge in [0.1, 0.15) is 5.82 Å². The molecule has 1 aromatic carbocycles. The summed E-state index contributed by atoms with van der Waals surface area (Å²) in [5.74, 6) is 0.619. The van der Waals surface area contributed by atoms with Crippen LogP contribution in [0.4, 0.5) is 13.2 Å². The number of hydrogen-bond acceptors (Lipinski definition) is 2. The highest BCUT2D eigenvalue weighted by atomic mass is 19.4. The summed E-state index contributed by atoms with van der Waals surface area (Å²) in [4.78, 5) is 4.29. The zero-order chi connectivity index (χ0) is 15.1. The molecule has 0 saturated carbocycles. The van der Waals surface area contributed by atoms with E-state index in [1.807, 2.05) is 18.4 Å². The topological polar surface area (TPSA) is 43.8 Å². The van der Waals surface area contributed by atoms with E-state index in [9.17, 15) is 13.2 Å². The third kappa shape index (κ3) is 2.52. The van der Waals surface area contributed by atoms with Crippen LogP contribution in [0.2, 0.25) is 0 Å². The number of hydrogen-bond donors (Lipinski definition) is 1. The summed E-state index contributed by atoms with van der Waals surface area (Å²) in [6.07, 6.45) is -3.50. The van der Waals surface area contributed by atoms with Crippen LogP contribution in [-0.2, 0) is 6.18 Å². The molecule has 0 aliphatic rings. The van der Waals surface area contributed by atoms with Crippen molar-refractivity contribution in [3.63, 3.8) is 0 Å². The number of nitrogens with zero attached hydrogens (tertiary/aromatic N) is 2. The summed E-state index contributed by atoms with van der Waals surface area (Å²) < 4.78 is 40.2. The van der Waals surface area contributed by atoms with Gasteiger partial charge in [-0.25, -0.2) is 4.98 Å². The number of halogens is 3. The predicted octanol–water partition coefficient (Wildman–Crippen LogP) is 4.05. The van der Waals surface area contributed by atoms with Crippen molar-refractivity contribution in [3.8, 4) is 0 Å². The lowest BCUT2D eigenvalue weighted by Gasteiger charge is -2.17. The second-order valence-corrected chi connectivity index (χ2v) is 5.09. The van der Waals surface area contributed by atoms with Gasteiger partial charge in [-0.1, -0.05) is 6.92 Å². The molecule has 0 saturated heterocycles. The zero-order valence-electron chi connectivity index (χ0n) is 11.7. The highest BCUT2D eigenvalue weighted by Crippen LogP contribution is 2.33. The quantitative estimate of drug-likeness (QED) is 0.924. The minimum atomic E-state index is -4.36. The van der Waals surface area contributed by atoms with Crippen LogP contribution in [0.5, 0.6) is 0 Å². The van der Waals surface area contributed by atoms with Gasteiger partial charge in [0.2, 0.25) is 0 Å². The van der Waals surface area contributed by atoms with E-state index in [2.05, 4.69) is 4.98 Å². The Morgan fingerprint density at radius 3 is 2.45 bits per heavy atom. The average Bonchev–Trinajstić information content (AvgIpc) is 2.75. The van der Waals surface area contributed by atoms with E-state index in [0.717, 1.165) is 18.6 Å². The number of fused-ring (bicyclic) bond motifs is 1. The lowest BCUT2D eigenvalue weighted by atomic mass is 10.1. The van der Waals surface area contributed by atoms with E-state index in [-0.39, 0.29) is 12.1 Å². The molecule has 0 amide bonds. The fraction of sp³-hybridized carbons (Fsp3) is 0.500. The van der Waals surface area contributed by atoms with Gasteiger partial charge in [-0.2, -0.15) is 13.2 Å². The van der Waals surface area contributed by atoms with Crippen molar-refractivity contribution in [2.24, 2.45) is 5.73 Å². The van der Waals surface area contributed by atoms with Crippen LogP contribution in [0.3, 0.4) is 0 Å². The number of nitrogens with two attached hydrogens (primary N) is 1. The van der Waals surface area contributed by atoms with Gasteiger partial charge in [0.15, 0.2) is 0 Å². The molecule has 20 heavy (non-hydrogen) atoms. The maximum absolute atomic E-state index is 12.7. The number of aromatic nitrogens is 2. The molecule has 0 aliphatic heterocycles. The second kappa shape index (κ2) is 5.09. The van der Waals surface area contributed by atoms with E-state index >= 15 is 0 Å². The molecular formula is C14H18F3N3. The molecule has 2 unspecified atom stereocenters. The summed E-state index contributed by atoms with van der Waals surface area (Å²) in [5, 5.41) is 0. The Labute approximate surface area is 115 Å². The van der Waals surface area contributed by atoms with Gasteiger partial charge in [0.25, 0.3) is 0 Å². The maximum atomic E-state index is 12.7. The van der Waals surface area contributed by atoms with E-state index < -0.39 is 11.7 Å². The minimum absolute atomic E-state index is 0.137. The molecule has 0 aliphatic carbocycles. The van der Waals surface area contributed by atoms with Gasteiger partial charge >= 0.3 is 6.18 Å². The lowest BCUT2D eigenvalue weighted by molar-refractivity contribution is -0.137. The first-order chi connectivity index (χ1) is 9.25. The SMILES string of the molecule is CCC(C)n1c(C(C)N)nc2cc(C(F)(F)F)ccc21. The smallest absolute Gasteiger partial charge is 0.324 e. The van der Waals surface area contributed by atoms with Crippen LogP contribution in [0.15, 0.2) is 18.2 Å². The zero-order valence-corrected chi connectivity index (χ0v) is 11.7. The Balaban J connectivity index is 2.68. The van der Waals surface area contributed by atoms with E-state index in [1.54, 1.807) is 6.92 Å². The van der Waals surface area contributed by atoms with E-state index in [4.69, 9.17) is 5.73 Å². The number of benzene rings is 1. The molecular weight excluding hydrogens is 267 g/mol. The molecule has 0 radical (unpaired) electrons. The number of alkyl halides is 3. The Hall–Kier alpha value is -1.56. The van der Waals surface area contributed by atoms with Gasteiger partial charge < -0.3 is 10.3 Å². The van der Waals surface area contributed by atoms with E-state index in [1.165, 1.54) is 6.07 Å². The first kappa shape index (κ1) is 14.8. The summed E-state index contributed by atoms with van der Waals surface area (Å²) in [6, 6.07) is 3.46. The molecule has 0 bridgehead atoms. The van der Waals surface area contributed by atoms with Crippen LogP contribution in [0, 0.1) is 0 Å². The standard InChI is InChI=1S/C14H18F3N3/c1-4-8(2)20-12-6-5-10(14(15,16)17)7-11(12)19-13(20)9(3)18/h5-9H,4,18H2,1-3H3. The molecule has 1 aromatic heterocycles. The first-order valence-corrected chi connectivity index (χ1v) is 6.60. The number of rotatable bonds is 3. The van der Waals surface area contributed by atoms with Gasteiger partial charge in [-0.05, 0) is 38.5 Å². The van der Waals surface area contributed by atoms with Crippen LogP contribution < -0.4 is 5.73 Å². The van der Waals surface area contributed by atoms with Crippen molar-refractivity contribution in [1.29, 1.82) is 0 Å². The summed E-state index contributed by atoms with van der Waals surface area (Å²) >= 11 is 0. The fourth-order valence-electron chi connectivity index (χ4n) is 2.26. The van der Waals surface area contributed by atoms with Crippen LogP contribution in [0.1, 0.15) is 50.7 Å². The average molecular weight is 285 g/mol. The maximum Gasteiger partial charge on any atom is 0.416 e. The Bertz CT molecular complexity index is 614. The summed E-state index contributed by atoms with van der Waals surface area (Å²) in [6.45, 7) is 5.81. The fourth-order valence-corrected chi connectivity index (χ4v) is 2.26. The molecule has 0 spiro atoms. The molecule has 6 heteroatoms. The molecule has 1 heterocycles. The van der Waals surface area contributed by atoms with Gasteiger partial charge in [0.05, 0.1) is 22.6 Å². The summed E-state index contributed by atoms with van der Waals surface area (Å²) in [7, 11) is 0. The van der Waals surface area contributed by atoms with Crippen LogP contribution in [-0.4, -0.2) is 9.55 Å². The monoisotopic (exact) mass is 285 g/mol. The van der Waals surface area contributed by atoms with Gasteiger partial charge in [-0.3, -0.25) is 0 Å². The predicted molar refractivity (Wildman–Crippen MR) is 72.3 cm³/mol. The van der Waals surface area contributed by atoms with Crippen molar-refractivity contribution in [1.82, 2.24) is 9.55 Å². The Morgan fingerprint density at radius 2 is 1.95 bits per heavy atom. The van der Waals surface area contributed by atoms with Gasteiger partial charge in [0, 0.05) is 6.04 Å². The molecule has 110 valence electrons. The van der Waals surface area contributed by atoms with Crippen molar-refractivity contribution < 1.29 is 13.2 Å². The Morgan fingerprint density at radius 1 is 1.30 bits per heavy atom.